The van der Waals surface area contributed by atoms with E-state index < -0.39 is 0 Å². The van der Waals surface area contributed by atoms with Gasteiger partial charge in [-0.2, -0.15) is 0 Å². The molecule has 2 saturated heterocycles. The van der Waals surface area contributed by atoms with Crippen molar-refractivity contribution in [3.05, 3.63) is 34.7 Å². The molecule has 0 aliphatic carbocycles. The number of rotatable bonds is 1. The first-order valence-corrected chi connectivity index (χ1v) is 7.75. The number of ether oxygens (including phenoxy) is 1. The van der Waals surface area contributed by atoms with E-state index in [-0.39, 0.29) is 24.2 Å². The molecule has 21 heavy (non-hydrogen) atoms. The minimum absolute atomic E-state index is 0.0189. The van der Waals surface area contributed by atoms with Gasteiger partial charge in [0.05, 0.1) is 18.4 Å². The van der Waals surface area contributed by atoms with Crippen molar-refractivity contribution in [3.8, 4) is 0 Å². The van der Waals surface area contributed by atoms with Gasteiger partial charge in [-0.15, -0.1) is 0 Å². The van der Waals surface area contributed by atoms with E-state index in [1.807, 2.05) is 35.9 Å². The first-order valence-electron chi connectivity index (χ1n) is 6.95. The zero-order chi connectivity index (χ0) is 14.6. The fourth-order valence-electron chi connectivity index (χ4n) is 3.15. The maximum Gasteiger partial charge on any atom is 0.241 e. The Kier molecular flexibility index (Phi) is 3.02. The van der Waals surface area contributed by atoms with E-state index in [9.17, 15) is 4.79 Å². The molecule has 2 fully saturated rings. The van der Waals surface area contributed by atoms with Crippen LogP contribution in [0, 0.1) is 0 Å². The Bertz CT molecular complexity index is 716. The van der Waals surface area contributed by atoms with Crippen molar-refractivity contribution >= 4 is 27.5 Å². The van der Waals surface area contributed by atoms with Gasteiger partial charge in [0.1, 0.15) is 17.9 Å². The number of carbonyl (C=O) groups is 1. The van der Waals surface area contributed by atoms with Crippen LogP contribution in [0.25, 0.3) is 5.65 Å². The maximum atomic E-state index is 12.2. The van der Waals surface area contributed by atoms with Crippen molar-refractivity contribution < 1.29 is 9.53 Å². The third-order valence-corrected chi connectivity index (χ3v) is 4.63. The van der Waals surface area contributed by atoms with Crippen LogP contribution in [0.4, 0.5) is 0 Å². The molecule has 0 radical (unpaired) electrons. The first-order chi connectivity index (χ1) is 10.1. The van der Waals surface area contributed by atoms with Gasteiger partial charge >= 0.3 is 0 Å². The third kappa shape index (κ3) is 2.07. The lowest BCUT2D eigenvalue weighted by atomic mass is 10.1. The number of pyridine rings is 1. The molecule has 110 valence electrons. The topological polar surface area (TPSA) is 58.9 Å². The van der Waals surface area contributed by atoms with Gasteiger partial charge in [0.25, 0.3) is 0 Å². The summed E-state index contributed by atoms with van der Waals surface area (Å²) in [6, 6.07) is 3.70. The zero-order valence-electron chi connectivity index (χ0n) is 11.5. The number of nitrogens with zero attached hydrogens (tertiary/aromatic N) is 3. The number of amides is 1. The molecule has 6 nitrogen and oxygen atoms in total. The predicted molar refractivity (Wildman–Crippen MR) is 79.7 cm³/mol. The summed E-state index contributed by atoms with van der Waals surface area (Å²) in [6.07, 6.45) is 3.66. The lowest BCUT2D eigenvalue weighted by Gasteiger charge is -2.34. The monoisotopic (exact) mass is 350 g/mol. The summed E-state index contributed by atoms with van der Waals surface area (Å²) in [5.41, 5.74) is 1.72. The molecule has 0 bridgehead atoms. The summed E-state index contributed by atoms with van der Waals surface area (Å²) in [4.78, 5) is 19.0. The normalized spacial score (nSPS) is 29.6. The molecule has 1 unspecified atom stereocenters. The van der Waals surface area contributed by atoms with Crippen LogP contribution >= 0.6 is 15.9 Å². The third-order valence-electron chi connectivity index (χ3n) is 4.13. The SMILES string of the molecule is C[C@H]1OCCN2C(c3cn4ccc(Br)cc4n3)NC(=O)[C@H]12. The number of imidazole rings is 1. The van der Waals surface area contributed by atoms with Crippen LogP contribution in [0.3, 0.4) is 0 Å². The van der Waals surface area contributed by atoms with Crippen LogP contribution in [0.1, 0.15) is 18.8 Å². The molecule has 0 saturated carbocycles. The molecule has 0 aromatic carbocycles. The Morgan fingerprint density at radius 2 is 2.38 bits per heavy atom. The maximum absolute atomic E-state index is 12.2. The second-order valence-corrected chi connectivity index (χ2v) is 6.36. The highest BCUT2D eigenvalue weighted by Crippen LogP contribution is 2.30. The van der Waals surface area contributed by atoms with Crippen LogP contribution in [0.2, 0.25) is 0 Å². The van der Waals surface area contributed by atoms with Crippen LogP contribution in [-0.2, 0) is 9.53 Å². The Morgan fingerprint density at radius 3 is 3.24 bits per heavy atom. The van der Waals surface area contributed by atoms with Gasteiger partial charge in [-0.1, -0.05) is 15.9 Å². The molecule has 2 aromatic heterocycles. The van der Waals surface area contributed by atoms with Crippen LogP contribution < -0.4 is 5.32 Å². The van der Waals surface area contributed by atoms with Crippen molar-refractivity contribution in [1.29, 1.82) is 0 Å². The van der Waals surface area contributed by atoms with E-state index in [0.29, 0.717) is 6.61 Å². The van der Waals surface area contributed by atoms with Gasteiger partial charge in [-0.05, 0) is 19.1 Å². The highest BCUT2D eigenvalue weighted by Gasteiger charge is 2.46. The van der Waals surface area contributed by atoms with Gasteiger partial charge in [0.15, 0.2) is 0 Å². The Morgan fingerprint density at radius 1 is 1.52 bits per heavy atom. The fraction of sp³-hybridized carbons (Fsp3) is 0.429. The van der Waals surface area contributed by atoms with Crippen molar-refractivity contribution in [1.82, 2.24) is 19.6 Å². The molecular formula is C14H15BrN4O2. The Labute approximate surface area is 130 Å². The summed E-state index contributed by atoms with van der Waals surface area (Å²) >= 11 is 3.45. The lowest BCUT2D eigenvalue weighted by molar-refractivity contribution is -0.129. The standard InChI is InChI=1S/C14H15BrN4O2/c1-8-12-14(20)17-13(19(12)4-5-21-8)10-7-18-3-2-9(15)6-11(18)16-10/h2-3,6-8,12-13H,4-5H2,1H3,(H,17,20)/t8-,12+,13?/m1/s1. The number of morpholine rings is 1. The lowest BCUT2D eigenvalue weighted by Crippen LogP contribution is -2.49. The van der Waals surface area contributed by atoms with Crippen LogP contribution in [0.5, 0.6) is 0 Å². The quantitative estimate of drug-likeness (QED) is 0.842. The molecule has 2 aliphatic rings. The molecule has 0 spiro atoms. The summed E-state index contributed by atoms with van der Waals surface area (Å²) in [7, 11) is 0. The molecule has 4 heterocycles. The number of hydrogen-bond acceptors (Lipinski definition) is 4. The molecule has 4 rings (SSSR count). The molecule has 1 amide bonds. The number of carbonyl (C=O) groups excluding carboxylic acids is 1. The van der Waals surface area contributed by atoms with E-state index in [4.69, 9.17) is 4.74 Å². The second kappa shape index (κ2) is 4.79. The van der Waals surface area contributed by atoms with Gasteiger partial charge < -0.3 is 14.5 Å². The molecule has 1 N–H and O–H groups in total. The minimum atomic E-state index is -0.222. The number of halogens is 1. The molecule has 2 aliphatic heterocycles. The highest BCUT2D eigenvalue weighted by molar-refractivity contribution is 9.10. The summed E-state index contributed by atoms with van der Waals surface area (Å²) in [5.74, 6) is 0.0189. The average Bonchev–Trinajstić information content (AvgIpc) is 3.00. The molecular weight excluding hydrogens is 336 g/mol. The van der Waals surface area contributed by atoms with E-state index in [1.165, 1.54) is 0 Å². The van der Waals surface area contributed by atoms with Crippen molar-refractivity contribution in [2.75, 3.05) is 13.2 Å². The molecule has 2 aromatic rings. The smallest absolute Gasteiger partial charge is 0.241 e. The number of fused-ring (bicyclic) bond motifs is 2. The van der Waals surface area contributed by atoms with Gasteiger partial charge in [0, 0.05) is 23.4 Å². The van der Waals surface area contributed by atoms with Gasteiger partial charge in [-0.25, -0.2) is 4.98 Å². The van der Waals surface area contributed by atoms with E-state index in [1.54, 1.807) is 0 Å². The minimum Gasteiger partial charge on any atom is -0.375 e. The average molecular weight is 351 g/mol. The molecule has 3 atom stereocenters. The van der Waals surface area contributed by atoms with Crippen molar-refractivity contribution in [2.45, 2.75) is 25.2 Å². The van der Waals surface area contributed by atoms with Gasteiger partial charge in [-0.3, -0.25) is 9.69 Å². The van der Waals surface area contributed by atoms with E-state index in [0.717, 1.165) is 22.4 Å². The summed E-state index contributed by atoms with van der Waals surface area (Å²) in [6.45, 7) is 3.32. The first kappa shape index (κ1) is 13.2. The fourth-order valence-corrected chi connectivity index (χ4v) is 3.48. The van der Waals surface area contributed by atoms with Gasteiger partial charge in [0.2, 0.25) is 5.91 Å². The molecule has 7 heteroatoms. The van der Waals surface area contributed by atoms with Crippen LogP contribution in [-0.4, -0.2) is 45.5 Å². The number of hydrogen-bond donors (Lipinski definition) is 1. The largest absolute Gasteiger partial charge is 0.375 e. The van der Waals surface area contributed by atoms with E-state index >= 15 is 0 Å². The number of nitrogens with one attached hydrogen (secondary N) is 1. The highest BCUT2D eigenvalue weighted by atomic mass is 79.9. The predicted octanol–water partition coefficient (Wildman–Crippen LogP) is 1.31. The van der Waals surface area contributed by atoms with E-state index in [2.05, 4.69) is 31.1 Å². The Balaban J connectivity index is 1.73. The second-order valence-electron chi connectivity index (χ2n) is 5.45. The summed E-state index contributed by atoms with van der Waals surface area (Å²) < 4.78 is 8.54. The van der Waals surface area contributed by atoms with Crippen molar-refractivity contribution in [2.24, 2.45) is 0 Å². The van der Waals surface area contributed by atoms with Crippen molar-refractivity contribution in [3.63, 3.8) is 0 Å². The zero-order valence-corrected chi connectivity index (χ0v) is 13.1. The summed E-state index contributed by atoms with van der Waals surface area (Å²) in [5, 5.41) is 3.04. The van der Waals surface area contributed by atoms with Crippen LogP contribution in [0.15, 0.2) is 29.0 Å². The Hall–Kier alpha value is -1.44. The number of aromatic nitrogens is 2.